The lowest BCUT2D eigenvalue weighted by Gasteiger charge is -2.04. The smallest absolute Gasteiger partial charge is 0.280 e. The van der Waals surface area contributed by atoms with E-state index >= 15 is 0 Å². The maximum Gasteiger partial charge on any atom is 0.280 e. The van der Waals surface area contributed by atoms with E-state index in [0.717, 1.165) is 6.42 Å². The number of aliphatic imine (C=N–C) groups is 1. The number of aromatic nitrogens is 2. The van der Waals surface area contributed by atoms with Gasteiger partial charge in [0.05, 0.1) is 22.3 Å². The van der Waals surface area contributed by atoms with E-state index in [4.69, 9.17) is 4.74 Å². The van der Waals surface area contributed by atoms with Gasteiger partial charge in [-0.3, -0.25) is 25.0 Å². The molecule has 0 aliphatic carbocycles. The summed E-state index contributed by atoms with van der Waals surface area (Å²) in [5, 5.41) is 13.7. The summed E-state index contributed by atoms with van der Waals surface area (Å²) in [6, 6.07) is 5.78. The van der Waals surface area contributed by atoms with Gasteiger partial charge in [-0.1, -0.05) is 0 Å². The quantitative estimate of drug-likeness (QED) is 0.343. The number of hydrogen-bond acceptors (Lipinski definition) is 5. The zero-order valence-electron chi connectivity index (χ0n) is 14.6. The molecule has 8 nitrogen and oxygen atoms in total. The first-order chi connectivity index (χ1) is 11.9. The number of nitrogens with zero attached hydrogens (tertiary/aromatic N) is 3. The summed E-state index contributed by atoms with van der Waals surface area (Å²) < 4.78 is 6.79. The second-order valence-electron chi connectivity index (χ2n) is 5.87. The highest BCUT2D eigenvalue weighted by Crippen LogP contribution is 2.14. The van der Waals surface area contributed by atoms with E-state index in [1.54, 1.807) is 13.1 Å². The number of nitro groups is 1. The molecular formula is C17H22N4O4. The van der Waals surface area contributed by atoms with Crippen LogP contribution in [0.4, 0.5) is 5.69 Å². The molecule has 0 aliphatic heterocycles. The fraction of sp³-hybridized carbons (Fsp3) is 0.412. The molecule has 1 aromatic heterocycles. The Morgan fingerprint density at radius 3 is 2.64 bits per heavy atom. The predicted octanol–water partition coefficient (Wildman–Crippen LogP) is 2.62. The average molecular weight is 346 g/mol. The molecule has 134 valence electrons. The Bertz CT molecular complexity index is 803. The van der Waals surface area contributed by atoms with Crippen LogP contribution in [-0.4, -0.2) is 40.2 Å². The van der Waals surface area contributed by atoms with E-state index in [1.807, 2.05) is 13.8 Å². The first kappa shape index (κ1) is 18.6. The van der Waals surface area contributed by atoms with Gasteiger partial charge in [0.15, 0.2) is 0 Å². The molecule has 0 bridgehead atoms. The highest BCUT2D eigenvalue weighted by atomic mass is 16.6. The zero-order chi connectivity index (χ0) is 18.4. The van der Waals surface area contributed by atoms with E-state index < -0.39 is 4.92 Å². The molecule has 0 atom stereocenters. The minimum atomic E-state index is -0.479. The molecule has 0 saturated carbocycles. The Morgan fingerprint density at radius 1 is 1.36 bits per heavy atom. The Balaban J connectivity index is 2.10. The van der Waals surface area contributed by atoms with Gasteiger partial charge in [0.1, 0.15) is 0 Å². The first-order valence-electron chi connectivity index (χ1n) is 8.08. The van der Waals surface area contributed by atoms with E-state index in [0.29, 0.717) is 30.1 Å². The van der Waals surface area contributed by atoms with E-state index in [-0.39, 0.29) is 17.4 Å². The SMILES string of the molecule is Cc1[nH]n(-c2ccc([N+](=O)[O-])cc2)c(=O)c1C=NCCCOC(C)C. The minimum Gasteiger partial charge on any atom is -0.379 e. The normalized spacial score (nSPS) is 11.5. The van der Waals surface area contributed by atoms with Crippen LogP contribution in [0.1, 0.15) is 31.5 Å². The highest BCUT2D eigenvalue weighted by Gasteiger charge is 2.12. The molecule has 0 fully saturated rings. The Hall–Kier alpha value is -2.74. The maximum absolute atomic E-state index is 12.5. The molecule has 2 aromatic rings. The summed E-state index contributed by atoms with van der Waals surface area (Å²) in [6.45, 7) is 6.95. The van der Waals surface area contributed by atoms with Gasteiger partial charge in [-0.2, -0.15) is 0 Å². The van der Waals surface area contributed by atoms with Gasteiger partial charge >= 0.3 is 0 Å². The molecule has 0 radical (unpaired) electrons. The number of aryl methyl sites for hydroxylation is 1. The van der Waals surface area contributed by atoms with Gasteiger partial charge in [-0.25, -0.2) is 4.68 Å². The first-order valence-corrected chi connectivity index (χ1v) is 8.08. The van der Waals surface area contributed by atoms with Crippen LogP contribution in [0.5, 0.6) is 0 Å². The van der Waals surface area contributed by atoms with Crippen LogP contribution in [-0.2, 0) is 4.74 Å². The largest absolute Gasteiger partial charge is 0.379 e. The van der Waals surface area contributed by atoms with Gasteiger partial charge in [0.25, 0.3) is 11.2 Å². The molecule has 0 aliphatic rings. The van der Waals surface area contributed by atoms with Crippen LogP contribution in [0.25, 0.3) is 5.69 Å². The highest BCUT2D eigenvalue weighted by molar-refractivity contribution is 5.80. The molecule has 25 heavy (non-hydrogen) atoms. The zero-order valence-corrected chi connectivity index (χ0v) is 14.6. The number of rotatable bonds is 8. The summed E-state index contributed by atoms with van der Waals surface area (Å²) in [4.78, 5) is 27.0. The Labute approximate surface area is 145 Å². The van der Waals surface area contributed by atoms with Crippen molar-refractivity contribution >= 4 is 11.9 Å². The molecule has 0 saturated heterocycles. The molecule has 0 amide bonds. The summed E-state index contributed by atoms with van der Waals surface area (Å²) in [5.41, 5.74) is 1.43. The summed E-state index contributed by atoms with van der Waals surface area (Å²) >= 11 is 0. The van der Waals surface area contributed by atoms with Crippen LogP contribution in [0, 0.1) is 17.0 Å². The predicted molar refractivity (Wildman–Crippen MR) is 95.9 cm³/mol. The molecular weight excluding hydrogens is 324 g/mol. The maximum atomic E-state index is 12.5. The third kappa shape index (κ3) is 4.87. The lowest BCUT2D eigenvalue weighted by atomic mass is 10.2. The van der Waals surface area contributed by atoms with Crippen LogP contribution in [0.3, 0.4) is 0 Å². The van der Waals surface area contributed by atoms with Crippen molar-refractivity contribution in [2.75, 3.05) is 13.2 Å². The van der Waals surface area contributed by atoms with Crippen LogP contribution < -0.4 is 5.56 Å². The van der Waals surface area contributed by atoms with Gasteiger partial charge < -0.3 is 4.74 Å². The third-order valence-electron chi connectivity index (χ3n) is 3.54. The number of ether oxygens (including phenoxy) is 1. The summed E-state index contributed by atoms with van der Waals surface area (Å²) in [6.07, 6.45) is 2.55. The number of benzene rings is 1. The van der Waals surface area contributed by atoms with Crippen LogP contribution in [0.15, 0.2) is 34.1 Å². The van der Waals surface area contributed by atoms with Gasteiger partial charge in [0, 0.05) is 37.2 Å². The van der Waals surface area contributed by atoms with Gasteiger partial charge in [-0.05, 0) is 39.3 Å². The molecule has 1 aromatic carbocycles. The lowest BCUT2D eigenvalue weighted by molar-refractivity contribution is -0.384. The number of H-pyrrole nitrogens is 1. The molecule has 0 spiro atoms. The number of nitrogens with one attached hydrogen (secondary N) is 1. The van der Waals surface area contributed by atoms with Crippen molar-refractivity contribution in [2.24, 2.45) is 4.99 Å². The number of nitro benzene ring substituents is 1. The average Bonchev–Trinajstić information content (AvgIpc) is 2.85. The molecule has 8 heteroatoms. The van der Waals surface area contributed by atoms with Crippen molar-refractivity contribution in [3.8, 4) is 5.69 Å². The monoisotopic (exact) mass is 346 g/mol. The van der Waals surface area contributed by atoms with Crippen molar-refractivity contribution in [3.05, 3.63) is 56.0 Å². The fourth-order valence-electron chi connectivity index (χ4n) is 2.25. The number of non-ortho nitro benzene ring substituents is 1. The number of hydrogen-bond donors (Lipinski definition) is 1. The second-order valence-corrected chi connectivity index (χ2v) is 5.87. The van der Waals surface area contributed by atoms with E-state index in [9.17, 15) is 14.9 Å². The van der Waals surface area contributed by atoms with Gasteiger partial charge in [-0.15, -0.1) is 0 Å². The Kier molecular flexibility index (Phi) is 6.24. The van der Waals surface area contributed by atoms with Crippen molar-refractivity contribution in [3.63, 3.8) is 0 Å². The third-order valence-corrected chi connectivity index (χ3v) is 3.54. The molecule has 1 heterocycles. The van der Waals surface area contributed by atoms with E-state index in [1.165, 1.54) is 28.9 Å². The number of aromatic amines is 1. The summed E-state index contributed by atoms with van der Waals surface area (Å²) in [5.74, 6) is 0. The topological polar surface area (TPSA) is 103 Å². The van der Waals surface area contributed by atoms with E-state index in [2.05, 4.69) is 10.1 Å². The fourth-order valence-corrected chi connectivity index (χ4v) is 2.25. The van der Waals surface area contributed by atoms with Gasteiger partial charge in [0.2, 0.25) is 0 Å². The molecule has 1 N–H and O–H groups in total. The van der Waals surface area contributed by atoms with Crippen molar-refractivity contribution in [1.82, 2.24) is 9.78 Å². The minimum absolute atomic E-state index is 0.0227. The van der Waals surface area contributed by atoms with Crippen molar-refractivity contribution in [2.45, 2.75) is 33.3 Å². The van der Waals surface area contributed by atoms with Crippen LogP contribution in [0.2, 0.25) is 0 Å². The standard InChI is InChI=1S/C17H22N4O4/c1-12(2)25-10-4-9-18-11-16-13(3)19-20(17(16)22)14-5-7-15(8-6-14)21(23)24/h5-8,11-12,19H,4,9-10H2,1-3H3. The summed E-state index contributed by atoms with van der Waals surface area (Å²) in [7, 11) is 0. The van der Waals surface area contributed by atoms with Crippen LogP contribution >= 0.6 is 0 Å². The Morgan fingerprint density at radius 2 is 2.04 bits per heavy atom. The molecule has 0 unspecified atom stereocenters. The second kappa shape index (κ2) is 8.39. The van der Waals surface area contributed by atoms with Crippen molar-refractivity contribution in [1.29, 1.82) is 0 Å². The lowest BCUT2D eigenvalue weighted by Crippen LogP contribution is -2.17. The van der Waals surface area contributed by atoms with Crippen molar-refractivity contribution < 1.29 is 9.66 Å². The molecule has 2 rings (SSSR count).